The van der Waals surface area contributed by atoms with Crippen LogP contribution >= 0.6 is 0 Å². The minimum Gasteiger partial charge on any atom is -0.354 e. The number of hydrogen-bond acceptors (Lipinski definition) is 2. The normalized spacial score (nSPS) is 31.9. The molecule has 0 radical (unpaired) electrons. The SMILES string of the molecule is N#CC1(C2=CCCCC2)CCNC1=O. The third-order valence-electron chi connectivity index (χ3n) is 3.20. The van der Waals surface area contributed by atoms with E-state index in [9.17, 15) is 10.1 Å². The van der Waals surface area contributed by atoms with Crippen molar-refractivity contribution in [1.82, 2.24) is 5.32 Å². The van der Waals surface area contributed by atoms with Crippen molar-refractivity contribution in [2.24, 2.45) is 5.41 Å². The second-order valence-electron chi connectivity index (χ2n) is 4.00. The summed E-state index contributed by atoms with van der Waals surface area (Å²) in [5.74, 6) is -0.0897. The van der Waals surface area contributed by atoms with Gasteiger partial charge in [-0.15, -0.1) is 0 Å². The predicted octanol–water partition coefficient (Wildman–Crippen LogP) is 1.52. The van der Waals surface area contributed by atoms with E-state index in [1.165, 1.54) is 6.42 Å². The molecule has 2 aliphatic rings. The topological polar surface area (TPSA) is 52.9 Å². The van der Waals surface area contributed by atoms with Crippen molar-refractivity contribution in [2.45, 2.75) is 32.1 Å². The van der Waals surface area contributed by atoms with E-state index in [-0.39, 0.29) is 5.91 Å². The standard InChI is InChI=1S/C11H14N2O/c12-8-11(6-7-13-10(11)14)9-4-2-1-3-5-9/h4H,1-3,5-7H2,(H,13,14). The third-order valence-corrected chi connectivity index (χ3v) is 3.20. The van der Waals surface area contributed by atoms with Crippen LogP contribution in [0.1, 0.15) is 32.1 Å². The first-order valence-electron chi connectivity index (χ1n) is 5.19. The summed E-state index contributed by atoms with van der Waals surface area (Å²) in [5.41, 5.74) is 0.238. The summed E-state index contributed by atoms with van der Waals surface area (Å²) in [4.78, 5) is 11.7. The molecule has 2 rings (SSSR count). The van der Waals surface area contributed by atoms with E-state index in [0.717, 1.165) is 24.8 Å². The second kappa shape index (κ2) is 3.45. The van der Waals surface area contributed by atoms with Gasteiger partial charge in [-0.3, -0.25) is 4.79 Å². The molecule has 14 heavy (non-hydrogen) atoms. The van der Waals surface area contributed by atoms with Gasteiger partial charge in [-0.2, -0.15) is 5.26 Å². The monoisotopic (exact) mass is 190 g/mol. The Labute approximate surface area is 83.8 Å². The molecule has 1 amide bonds. The van der Waals surface area contributed by atoms with Crippen molar-refractivity contribution in [2.75, 3.05) is 6.54 Å². The van der Waals surface area contributed by atoms with Crippen LogP contribution in [0.5, 0.6) is 0 Å². The number of carbonyl (C=O) groups excluding carboxylic acids is 1. The summed E-state index contributed by atoms with van der Waals surface area (Å²) < 4.78 is 0. The Hall–Kier alpha value is -1.30. The summed E-state index contributed by atoms with van der Waals surface area (Å²) in [6.45, 7) is 0.643. The van der Waals surface area contributed by atoms with Gasteiger partial charge in [0.1, 0.15) is 0 Å². The minimum absolute atomic E-state index is 0.0897. The van der Waals surface area contributed by atoms with E-state index < -0.39 is 5.41 Å². The van der Waals surface area contributed by atoms with E-state index >= 15 is 0 Å². The molecule has 1 N–H and O–H groups in total. The third kappa shape index (κ3) is 1.22. The van der Waals surface area contributed by atoms with Crippen LogP contribution in [-0.4, -0.2) is 12.5 Å². The van der Waals surface area contributed by atoms with Crippen molar-refractivity contribution in [1.29, 1.82) is 5.26 Å². The number of nitriles is 1. The number of hydrogen-bond donors (Lipinski definition) is 1. The maximum atomic E-state index is 11.7. The highest BCUT2D eigenvalue weighted by atomic mass is 16.2. The second-order valence-corrected chi connectivity index (χ2v) is 4.00. The first-order chi connectivity index (χ1) is 6.79. The van der Waals surface area contributed by atoms with E-state index in [2.05, 4.69) is 17.5 Å². The Morgan fingerprint density at radius 1 is 1.50 bits per heavy atom. The van der Waals surface area contributed by atoms with Gasteiger partial charge in [0, 0.05) is 6.54 Å². The van der Waals surface area contributed by atoms with Crippen LogP contribution in [0.4, 0.5) is 0 Å². The lowest BCUT2D eigenvalue weighted by molar-refractivity contribution is -0.123. The van der Waals surface area contributed by atoms with Crippen LogP contribution in [0.25, 0.3) is 0 Å². The molecule has 3 heteroatoms. The molecule has 74 valence electrons. The summed E-state index contributed by atoms with van der Waals surface area (Å²) >= 11 is 0. The van der Waals surface area contributed by atoms with E-state index in [4.69, 9.17) is 0 Å². The van der Waals surface area contributed by atoms with Gasteiger partial charge in [0.05, 0.1) is 6.07 Å². The Morgan fingerprint density at radius 2 is 2.36 bits per heavy atom. The average Bonchev–Trinajstić information content (AvgIpc) is 2.62. The van der Waals surface area contributed by atoms with Gasteiger partial charge >= 0.3 is 0 Å². The Balaban J connectivity index is 2.32. The quantitative estimate of drug-likeness (QED) is 0.637. The van der Waals surface area contributed by atoms with Crippen LogP contribution in [-0.2, 0) is 4.79 Å². The van der Waals surface area contributed by atoms with Gasteiger partial charge in [0.15, 0.2) is 5.41 Å². The zero-order chi connectivity index (χ0) is 10.0. The fourth-order valence-electron chi connectivity index (χ4n) is 2.34. The van der Waals surface area contributed by atoms with E-state index in [1.807, 2.05) is 0 Å². The zero-order valence-corrected chi connectivity index (χ0v) is 8.18. The number of allylic oxidation sites excluding steroid dienone is 1. The molecule has 0 spiro atoms. The van der Waals surface area contributed by atoms with Gasteiger partial charge < -0.3 is 5.32 Å². The largest absolute Gasteiger partial charge is 0.354 e. The van der Waals surface area contributed by atoms with E-state index in [1.54, 1.807) is 0 Å². The number of rotatable bonds is 1. The van der Waals surface area contributed by atoms with Crippen LogP contribution in [0.3, 0.4) is 0 Å². The number of nitrogens with one attached hydrogen (secondary N) is 1. The molecule has 1 atom stereocenters. The lowest BCUT2D eigenvalue weighted by Crippen LogP contribution is -2.32. The number of carbonyl (C=O) groups is 1. The Kier molecular flexibility index (Phi) is 2.28. The first kappa shape index (κ1) is 9.26. The smallest absolute Gasteiger partial charge is 0.244 e. The van der Waals surface area contributed by atoms with Crippen molar-refractivity contribution in [3.8, 4) is 6.07 Å². The molecule has 1 saturated heterocycles. The predicted molar refractivity (Wildman–Crippen MR) is 52.2 cm³/mol. The van der Waals surface area contributed by atoms with Crippen molar-refractivity contribution < 1.29 is 4.79 Å². The Morgan fingerprint density at radius 3 is 2.86 bits per heavy atom. The lowest BCUT2D eigenvalue weighted by Gasteiger charge is -2.24. The molecule has 1 aliphatic carbocycles. The summed E-state index contributed by atoms with van der Waals surface area (Å²) in [6, 6.07) is 2.22. The summed E-state index contributed by atoms with van der Waals surface area (Å²) in [7, 11) is 0. The van der Waals surface area contributed by atoms with Crippen LogP contribution in [0.15, 0.2) is 11.6 Å². The summed E-state index contributed by atoms with van der Waals surface area (Å²) in [6.07, 6.45) is 6.98. The molecule has 1 unspecified atom stereocenters. The highest BCUT2D eigenvalue weighted by Crippen LogP contribution is 2.39. The molecular formula is C11H14N2O. The maximum Gasteiger partial charge on any atom is 0.244 e. The molecule has 3 nitrogen and oxygen atoms in total. The van der Waals surface area contributed by atoms with Crippen LogP contribution in [0.2, 0.25) is 0 Å². The van der Waals surface area contributed by atoms with Gasteiger partial charge in [0.2, 0.25) is 5.91 Å². The van der Waals surface area contributed by atoms with Gasteiger partial charge in [0.25, 0.3) is 0 Å². The molecular weight excluding hydrogens is 176 g/mol. The lowest BCUT2D eigenvalue weighted by atomic mass is 9.75. The number of amides is 1. The Bertz CT molecular complexity index is 327. The fourth-order valence-corrected chi connectivity index (χ4v) is 2.34. The molecule has 0 aromatic rings. The highest BCUT2D eigenvalue weighted by molar-refractivity contribution is 5.90. The van der Waals surface area contributed by atoms with E-state index in [0.29, 0.717) is 13.0 Å². The molecule has 0 aromatic heterocycles. The van der Waals surface area contributed by atoms with Crippen molar-refractivity contribution in [3.05, 3.63) is 11.6 Å². The molecule has 1 heterocycles. The highest BCUT2D eigenvalue weighted by Gasteiger charge is 2.45. The molecule has 0 aromatic carbocycles. The van der Waals surface area contributed by atoms with Crippen LogP contribution < -0.4 is 5.32 Å². The molecule has 0 bridgehead atoms. The molecule has 1 fully saturated rings. The minimum atomic E-state index is -0.819. The zero-order valence-electron chi connectivity index (χ0n) is 8.18. The summed E-state index contributed by atoms with van der Waals surface area (Å²) in [5, 5.41) is 11.9. The average molecular weight is 190 g/mol. The maximum absolute atomic E-state index is 11.7. The van der Waals surface area contributed by atoms with Gasteiger partial charge in [-0.05, 0) is 37.7 Å². The molecule has 0 saturated carbocycles. The molecule has 1 aliphatic heterocycles. The van der Waals surface area contributed by atoms with Crippen molar-refractivity contribution >= 4 is 5.91 Å². The van der Waals surface area contributed by atoms with Crippen LogP contribution in [0, 0.1) is 16.7 Å². The first-order valence-corrected chi connectivity index (χ1v) is 5.19. The van der Waals surface area contributed by atoms with Gasteiger partial charge in [-0.1, -0.05) is 6.08 Å². The number of nitrogens with zero attached hydrogens (tertiary/aromatic N) is 1. The van der Waals surface area contributed by atoms with Gasteiger partial charge in [-0.25, -0.2) is 0 Å². The van der Waals surface area contributed by atoms with Crippen molar-refractivity contribution in [3.63, 3.8) is 0 Å². The fraction of sp³-hybridized carbons (Fsp3) is 0.636.